The minimum absolute atomic E-state index is 0.0476. The molecule has 4 rings (SSSR count). The van der Waals surface area contributed by atoms with Crippen molar-refractivity contribution in [2.24, 2.45) is 11.1 Å². The van der Waals surface area contributed by atoms with Crippen LogP contribution in [0.5, 0.6) is 0 Å². The van der Waals surface area contributed by atoms with Crippen molar-refractivity contribution in [2.45, 2.75) is 32.6 Å². The molecule has 156 valence electrons. The number of aryl methyl sites for hydroxylation is 1. The Morgan fingerprint density at radius 1 is 1.37 bits per heavy atom. The highest BCUT2D eigenvalue weighted by Gasteiger charge is 2.49. The van der Waals surface area contributed by atoms with E-state index in [2.05, 4.69) is 20.6 Å². The third-order valence-corrected chi connectivity index (χ3v) is 5.89. The number of hydrogen-bond donors (Lipinski definition) is 2. The van der Waals surface area contributed by atoms with Crippen LogP contribution >= 0.6 is 0 Å². The first-order valence-corrected chi connectivity index (χ1v) is 9.93. The number of hydrogen-bond acceptors (Lipinski definition) is 6. The van der Waals surface area contributed by atoms with Gasteiger partial charge in [0.05, 0.1) is 0 Å². The maximum Gasteiger partial charge on any atom is 0.245 e. The molecule has 0 saturated heterocycles. The molecular formula is C21H23FN6O2. The summed E-state index contributed by atoms with van der Waals surface area (Å²) in [4.78, 5) is 29.0. The van der Waals surface area contributed by atoms with Crippen LogP contribution < -0.4 is 10.6 Å². The maximum atomic E-state index is 14.1. The zero-order chi connectivity index (χ0) is 21.3. The molecule has 0 fully saturated rings. The highest BCUT2D eigenvalue weighted by atomic mass is 19.1. The van der Waals surface area contributed by atoms with E-state index in [1.165, 1.54) is 17.0 Å². The van der Waals surface area contributed by atoms with Crippen molar-refractivity contribution in [3.8, 4) is 0 Å². The van der Waals surface area contributed by atoms with Gasteiger partial charge in [0, 0.05) is 25.2 Å². The van der Waals surface area contributed by atoms with Crippen molar-refractivity contribution < 1.29 is 14.0 Å². The second kappa shape index (κ2) is 7.91. The van der Waals surface area contributed by atoms with E-state index in [4.69, 9.17) is 5.73 Å². The third kappa shape index (κ3) is 3.35. The van der Waals surface area contributed by atoms with E-state index >= 15 is 0 Å². The number of amides is 1. The number of nitrogens with zero attached hydrogens (tertiary/aromatic N) is 4. The van der Waals surface area contributed by atoms with Crippen LogP contribution in [0.3, 0.4) is 0 Å². The highest BCUT2D eigenvalue weighted by Crippen LogP contribution is 2.38. The molecule has 1 amide bonds. The molecule has 1 aliphatic heterocycles. The molecule has 1 aliphatic carbocycles. The molecule has 1 unspecified atom stereocenters. The molecule has 30 heavy (non-hydrogen) atoms. The molecule has 0 radical (unpaired) electrons. The number of ketones is 1. The number of carbonyl (C=O) groups excluding carboxylic acids is 2. The van der Waals surface area contributed by atoms with E-state index in [1.54, 1.807) is 25.1 Å². The minimum Gasteiger partial charge on any atom is -0.326 e. The van der Waals surface area contributed by atoms with E-state index in [-0.39, 0.29) is 24.6 Å². The molecule has 8 nitrogen and oxygen atoms in total. The number of benzene rings is 1. The lowest BCUT2D eigenvalue weighted by atomic mass is 9.71. The van der Waals surface area contributed by atoms with Crippen LogP contribution in [0, 0.1) is 11.2 Å². The maximum absolute atomic E-state index is 14.1. The molecule has 9 heteroatoms. The average Bonchev–Trinajstić information content (AvgIpc) is 3.16. The van der Waals surface area contributed by atoms with Gasteiger partial charge in [-0.15, -0.1) is 10.2 Å². The van der Waals surface area contributed by atoms with Crippen molar-refractivity contribution >= 4 is 17.4 Å². The van der Waals surface area contributed by atoms with E-state index in [9.17, 15) is 14.0 Å². The van der Waals surface area contributed by atoms with Crippen molar-refractivity contribution in [2.75, 3.05) is 18.0 Å². The fourth-order valence-corrected chi connectivity index (χ4v) is 4.19. The van der Waals surface area contributed by atoms with Crippen LogP contribution in [0.4, 0.5) is 10.1 Å². The van der Waals surface area contributed by atoms with Gasteiger partial charge in [-0.1, -0.05) is 23.4 Å². The molecule has 3 N–H and O–H groups in total. The zero-order valence-corrected chi connectivity index (χ0v) is 16.7. The number of carbonyl (C=O) groups is 2. The number of H-pyrrole nitrogens is 1. The summed E-state index contributed by atoms with van der Waals surface area (Å²) in [6.45, 7) is 2.26. The van der Waals surface area contributed by atoms with E-state index < -0.39 is 17.1 Å². The lowest BCUT2D eigenvalue weighted by molar-refractivity contribution is -0.135. The lowest BCUT2D eigenvalue weighted by Crippen LogP contribution is -2.51. The summed E-state index contributed by atoms with van der Waals surface area (Å²) < 4.78 is 14.1. The number of aromatic amines is 1. The predicted octanol–water partition coefficient (Wildman–Crippen LogP) is 1.65. The number of Topliss-reactive ketones (excluding diaryl/α,β-unsaturated/α-hetero) is 1. The van der Waals surface area contributed by atoms with Gasteiger partial charge in [0.2, 0.25) is 5.91 Å². The first kappa shape index (κ1) is 20.1. The molecule has 0 spiro atoms. The largest absolute Gasteiger partial charge is 0.326 e. The number of tetrazole rings is 1. The summed E-state index contributed by atoms with van der Waals surface area (Å²) in [5, 5.41) is 13.8. The normalized spacial score (nSPS) is 21.6. The molecular weight excluding hydrogens is 387 g/mol. The van der Waals surface area contributed by atoms with Gasteiger partial charge in [-0.2, -0.15) is 5.21 Å². The second-order valence-corrected chi connectivity index (χ2v) is 7.68. The average molecular weight is 410 g/mol. The molecule has 1 aromatic carbocycles. The molecule has 2 aromatic rings. The summed E-state index contributed by atoms with van der Waals surface area (Å²) in [5.74, 6) is -0.938. The predicted molar refractivity (Wildman–Crippen MR) is 108 cm³/mol. The van der Waals surface area contributed by atoms with Gasteiger partial charge < -0.3 is 10.6 Å². The molecule has 0 saturated carbocycles. The van der Waals surface area contributed by atoms with Crippen LogP contribution in [-0.4, -0.2) is 45.4 Å². The van der Waals surface area contributed by atoms with Gasteiger partial charge >= 0.3 is 0 Å². The summed E-state index contributed by atoms with van der Waals surface area (Å²) in [7, 11) is 0. The Bertz CT molecular complexity index is 1050. The standard InChI is InChI=1S/C21H23FN6O2/c1-13-15(12-23)7-8-21(19(13)29,11-18-24-26-27-25-18)20(30)28-9-3-2-4-14-5-6-16(22)10-17(14)28/h5-8,10H,2-4,9,11-12,23H2,1H3,(H,24,25,26,27). The number of fused-ring (bicyclic) bond motifs is 1. The summed E-state index contributed by atoms with van der Waals surface area (Å²) in [5.41, 5.74) is 6.74. The molecule has 2 heterocycles. The Hall–Kier alpha value is -3.20. The van der Waals surface area contributed by atoms with Crippen LogP contribution in [-0.2, 0) is 22.4 Å². The van der Waals surface area contributed by atoms with Crippen molar-refractivity contribution in [1.82, 2.24) is 20.6 Å². The first-order chi connectivity index (χ1) is 14.5. The van der Waals surface area contributed by atoms with Crippen LogP contribution in [0.15, 0.2) is 41.5 Å². The highest BCUT2D eigenvalue weighted by molar-refractivity contribution is 6.20. The Kier molecular flexibility index (Phi) is 5.29. The van der Waals surface area contributed by atoms with Crippen LogP contribution in [0.2, 0.25) is 0 Å². The number of allylic oxidation sites excluding steroid dienone is 1. The van der Waals surface area contributed by atoms with Crippen molar-refractivity contribution in [3.63, 3.8) is 0 Å². The van der Waals surface area contributed by atoms with Crippen molar-refractivity contribution in [1.29, 1.82) is 0 Å². The topological polar surface area (TPSA) is 118 Å². The molecule has 1 aromatic heterocycles. The zero-order valence-electron chi connectivity index (χ0n) is 16.7. The Balaban J connectivity index is 1.82. The third-order valence-electron chi connectivity index (χ3n) is 5.89. The van der Waals surface area contributed by atoms with Gasteiger partial charge in [-0.05, 0) is 55.0 Å². The Morgan fingerprint density at radius 2 is 2.20 bits per heavy atom. The van der Waals surface area contributed by atoms with E-state index in [1.807, 2.05) is 0 Å². The van der Waals surface area contributed by atoms with E-state index in [0.29, 0.717) is 23.4 Å². The van der Waals surface area contributed by atoms with Gasteiger partial charge in [0.1, 0.15) is 11.2 Å². The molecule has 1 atom stereocenters. The number of nitrogens with two attached hydrogens (primary N) is 1. The second-order valence-electron chi connectivity index (χ2n) is 7.68. The van der Waals surface area contributed by atoms with Crippen molar-refractivity contribution in [3.05, 3.63) is 58.7 Å². The number of nitrogens with one attached hydrogen (secondary N) is 1. The molecule has 0 bridgehead atoms. The summed E-state index contributed by atoms with van der Waals surface area (Å²) in [6.07, 6.45) is 5.64. The van der Waals surface area contributed by atoms with Gasteiger partial charge in [0.25, 0.3) is 0 Å². The first-order valence-electron chi connectivity index (χ1n) is 9.93. The summed E-state index contributed by atoms with van der Waals surface area (Å²) >= 11 is 0. The molecule has 2 aliphatic rings. The monoisotopic (exact) mass is 410 g/mol. The number of halogens is 1. The van der Waals surface area contributed by atoms with Gasteiger partial charge in [0.15, 0.2) is 11.6 Å². The quantitative estimate of drug-likeness (QED) is 0.740. The smallest absolute Gasteiger partial charge is 0.245 e. The fourth-order valence-electron chi connectivity index (χ4n) is 4.19. The fraction of sp³-hybridized carbons (Fsp3) is 0.381. The van der Waals surface area contributed by atoms with Crippen LogP contribution in [0.25, 0.3) is 0 Å². The van der Waals surface area contributed by atoms with Gasteiger partial charge in [-0.25, -0.2) is 4.39 Å². The van der Waals surface area contributed by atoms with Gasteiger partial charge in [-0.3, -0.25) is 9.59 Å². The number of aromatic nitrogens is 4. The Labute approximate surface area is 173 Å². The Morgan fingerprint density at radius 3 is 2.93 bits per heavy atom. The summed E-state index contributed by atoms with van der Waals surface area (Å²) in [6, 6.07) is 4.47. The lowest BCUT2D eigenvalue weighted by Gasteiger charge is -2.36. The van der Waals surface area contributed by atoms with Crippen LogP contribution in [0.1, 0.15) is 31.2 Å². The SMILES string of the molecule is CC1=C(CN)C=CC(Cc2nn[nH]n2)(C(=O)N2CCCCc3ccc(F)cc32)C1=O. The number of anilines is 1. The minimum atomic E-state index is -1.54. The van der Waals surface area contributed by atoms with E-state index in [0.717, 1.165) is 24.8 Å². The number of rotatable bonds is 4.